The van der Waals surface area contributed by atoms with Gasteiger partial charge in [0.1, 0.15) is 0 Å². The molecule has 0 aromatic heterocycles. The molecule has 0 saturated carbocycles. The Hall–Kier alpha value is -1.83. The summed E-state index contributed by atoms with van der Waals surface area (Å²) < 4.78 is 0. The Balaban J connectivity index is 3.07. The van der Waals surface area contributed by atoms with Crippen molar-refractivity contribution < 1.29 is 0 Å². The summed E-state index contributed by atoms with van der Waals surface area (Å²) in [4.78, 5) is 0. The van der Waals surface area contributed by atoms with Gasteiger partial charge in [-0.25, -0.2) is 0 Å². The zero-order valence-corrected chi connectivity index (χ0v) is 9.17. The maximum absolute atomic E-state index is 7.08. The standard InChI is InChI=1S/C13H16N2/c1-10-5-4-6-12(7-10)13(15-3)8-11(2)9-14/h4-9,14-15H,2H2,1,3H3/b13-8-,14-9?. The predicted octanol–water partition coefficient (Wildman–Crippen LogP) is 2.76. The first-order valence-corrected chi connectivity index (χ1v) is 4.83. The molecule has 2 nitrogen and oxygen atoms in total. The molecule has 0 heterocycles. The van der Waals surface area contributed by atoms with Gasteiger partial charge in [-0.05, 0) is 30.2 Å². The van der Waals surface area contributed by atoms with Gasteiger partial charge in [0, 0.05) is 19.0 Å². The summed E-state index contributed by atoms with van der Waals surface area (Å²) in [5.41, 5.74) is 3.99. The number of hydrogen-bond donors (Lipinski definition) is 2. The maximum Gasteiger partial charge on any atom is 0.0417 e. The second-order valence-electron chi connectivity index (χ2n) is 3.40. The van der Waals surface area contributed by atoms with Crippen LogP contribution in [-0.2, 0) is 0 Å². The zero-order valence-electron chi connectivity index (χ0n) is 9.17. The molecule has 0 atom stereocenters. The molecule has 0 saturated heterocycles. The number of rotatable bonds is 4. The summed E-state index contributed by atoms with van der Waals surface area (Å²) >= 11 is 0. The molecule has 78 valence electrons. The monoisotopic (exact) mass is 200 g/mol. The van der Waals surface area contributed by atoms with Gasteiger partial charge in [0.2, 0.25) is 0 Å². The summed E-state index contributed by atoms with van der Waals surface area (Å²) in [6.07, 6.45) is 3.11. The van der Waals surface area contributed by atoms with Crippen molar-refractivity contribution in [2.24, 2.45) is 0 Å². The largest absolute Gasteiger partial charge is 0.388 e. The molecule has 2 N–H and O–H groups in total. The van der Waals surface area contributed by atoms with Gasteiger partial charge in [-0.2, -0.15) is 0 Å². The second kappa shape index (κ2) is 5.15. The Bertz CT molecular complexity index is 403. The van der Waals surface area contributed by atoms with E-state index in [-0.39, 0.29) is 0 Å². The lowest BCUT2D eigenvalue weighted by Crippen LogP contribution is -2.05. The molecular formula is C13H16N2. The van der Waals surface area contributed by atoms with Crippen LogP contribution in [0, 0.1) is 12.3 Å². The number of hydrogen-bond acceptors (Lipinski definition) is 2. The van der Waals surface area contributed by atoms with Crippen LogP contribution in [-0.4, -0.2) is 13.3 Å². The van der Waals surface area contributed by atoms with Gasteiger partial charge in [-0.1, -0.05) is 30.3 Å². The van der Waals surface area contributed by atoms with E-state index in [1.165, 1.54) is 11.8 Å². The van der Waals surface area contributed by atoms with Crippen molar-refractivity contribution in [3.8, 4) is 0 Å². The van der Waals surface area contributed by atoms with Gasteiger partial charge < -0.3 is 10.7 Å². The third-order valence-electron chi connectivity index (χ3n) is 2.11. The van der Waals surface area contributed by atoms with Crippen molar-refractivity contribution >= 4 is 11.9 Å². The highest BCUT2D eigenvalue weighted by molar-refractivity contribution is 5.83. The van der Waals surface area contributed by atoms with Crippen molar-refractivity contribution in [2.75, 3.05) is 7.05 Å². The summed E-state index contributed by atoms with van der Waals surface area (Å²) in [6.45, 7) is 5.81. The fourth-order valence-corrected chi connectivity index (χ4v) is 1.34. The average molecular weight is 200 g/mol. The Morgan fingerprint density at radius 2 is 2.20 bits per heavy atom. The van der Waals surface area contributed by atoms with E-state index in [2.05, 4.69) is 31.0 Å². The van der Waals surface area contributed by atoms with Crippen LogP contribution < -0.4 is 5.32 Å². The van der Waals surface area contributed by atoms with E-state index in [1.54, 1.807) is 0 Å². The summed E-state index contributed by atoms with van der Waals surface area (Å²) in [6, 6.07) is 8.21. The Morgan fingerprint density at radius 3 is 2.73 bits per heavy atom. The van der Waals surface area contributed by atoms with Crippen molar-refractivity contribution in [3.05, 3.63) is 53.6 Å². The smallest absolute Gasteiger partial charge is 0.0417 e. The first kappa shape index (κ1) is 11.2. The van der Waals surface area contributed by atoms with Crippen molar-refractivity contribution in [1.82, 2.24) is 5.32 Å². The molecule has 0 spiro atoms. The molecule has 1 rings (SSSR count). The molecule has 2 heteroatoms. The SMILES string of the molecule is C=C(C=N)/C=C(\NC)c1cccc(C)c1. The van der Waals surface area contributed by atoms with Crippen LogP contribution in [0.3, 0.4) is 0 Å². The molecule has 0 fully saturated rings. The van der Waals surface area contributed by atoms with Crippen LogP contribution in [0.1, 0.15) is 11.1 Å². The minimum atomic E-state index is 0.681. The molecule has 0 radical (unpaired) electrons. The van der Waals surface area contributed by atoms with Gasteiger partial charge in [-0.15, -0.1) is 0 Å². The van der Waals surface area contributed by atoms with Crippen LogP contribution in [0.15, 0.2) is 42.5 Å². The molecule has 0 aliphatic heterocycles. The van der Waals surface area contributed by atoms with Gasteiger partial charge in [0.05, 0.1) is 0 Å². The molecular weight excluding hydrogens is 184 g/mol. The number of nitrogens with one attached hydrogen (secondary N) is 2. The normalized spacial score (nSPS) is 10.9. The Labute approximate surface area is 90.8 Å². The molecule has 0 bridgehead atoms. The first-order valence-electron chi connectivity index (χ1n) is 4.83. The second-order valence-corrected chi connectivity index (χ2v) is 3.40. The van der Waals surface area contributed by atoms with Crippen LogP contribution in [0.4, 0.5) is 0 Å². The van der Waals surface area contributed by atoms with Gasteiger partial charge in [0.15, 0.2) is 0 Å². The molecule has 0 aliphatic rings. The molecule has 1 aromatic rings. The van der Waals surface area contributed by atoms with Gasteiger partial charge in [-0.3, -0.25) is 0 Å². The van der Waals surface area contributed by atoms with E-state index >= 15 is 0 Å². The van der Waals surface area contributed by atoms with Crippen LogP contribution in [0.25, 0.3) is 5.70 Å². The van der Waals surface area contributed by atoms with Crippen LogP contribution >= 0.6 is 0 Å². The molecule has 1 aromatic carbocycles. The van der Waals surface area contributed by atoms with Crippen LogP contribution in [0.2, 0.25) is 0 Å². The van der Waals surface area contributed by atoms with E-state index in [0.717, 1.165) is 11.3 Å². The summed E-state index contributed by atoms with van der Waals surface area (Å²) in [5.74, 6) is 0. The zero-order chi connectivity index (χ0) is 11.3. The molecule has 15 heavy (non-hydrogen) atoms. The number of benzene rings is 1. The fraction of sp³-hybridized carbons (Fsp3) is 0.154. The Morgan fingerprint density at radius 1 is 1.47 bits per heavy atom. The quantitative estimate of drug-likeness (QED) is 0.569. The number of allylic oxidation sites excluding steroid dienone is 2. The van der Waals surface area contributed by atoms with E-state index in [1.807, 2.05) is 25.3 Å². The minimum absolute atomic E-state index is 0.681. The average Bonchev–Trinajstić information content (AvgIpc) is 2.25. The highest BCUT2D eigenvalue weighted by Gasteiger charge is 1.99. The lowest BCUT2D eigenvalue weighted by atomic mass is 10.1. The van der Waals surface area contributed by atoms with Crippen molar-refractivity contribution in [3.63, 3.8) is 0 Å². The number of aryl methyl sites for hydroxylation is 1. The lowest BCUT2D eigenvalue weighted by Gasteiger charge is -2.07. The van der Waals surface area contributed by atoms with E-state index in [9.17, 15) is 0 Å². The summed E-state index contributed by atoms with van der Waals surface area (Å²) in [5, 5.41) is 10.2. The van der Waals surface area contributed by atoms with Gasteiger partial charge in [0.25, 0.3) is 0 Å². The highest BCUT2D eigenvalue weighted by Crippen LogP contribution is 2.14. The Kier molecular flexibility index (Phi) is 3.86. The van der Waals surface area contributed by atoms with E-state index in [0.29, 0.717) is 5.57 Å². The van der Waals surface area contributed by atoms with Gasteiger partial charge >= 0.3 is 0 Å². The third kappa shape index (κ3) is 3.09. The van der Waals surface area contributed by atoms with E-state index in [4.69, 9.17) is 5.41 Å². The highest BCUT2D eigenvalue weighted by atomic mass is 14.8. The topological polar surface area (TPSA) is 35.9 Å². The molecule has 0 amide bonds. The van der Waals surface area contributed by atoms with E-state index < -0.39 is 0 Å². The lowest BCUT2D eigenvalue weighted by molar-refractivity contribution is 1.12. The minimum Gasteiger partial charge on any atom is -0.388 e. The maximum atomic E-state index is 7.08. The fourth-order valence-electron chi connectivity index (χ4n) is 1.34. The first-order chi connectivity index (χ1) is 7.17. The molecule has 0 unspecified atom stereocenters. The van der Waals surface area contributed by atoms with Crippen LogP contribution in [0.5, 0.6) is 0 Å². The molecule has 0 aliphatic carbocycles. The van der Waals surface area contributed by atoms with Crippen molar-refractivity contribution in [1.29, 1.82) is 5.41 Å². The third-order valence-corrected chi connectivity index (χ3v) is 2.11. The van der Waals surface area contributed by atoms with Crippen molar-refractivity contribution in [2.45, 2.75) is 6.92 Å². The summed E-state index contributed by atoms with van der Waals surface area (Å²) in [7, 11) is 1.87. The predicted molar refractivity (Wildman–Crippen MR) is 66.1 cm³/mol.